The minimum absolute atomic E-state index is 0.0492. The van der Waals surface area contributed by atoms with Gasteiger partial charge in [-0.3, -0.25) is 0 Å². The van der Waals surface area contributed by atoms with Crippen LogP contribution in [0.2, 0.25) is 0 Å². The third kappa shape index (κ3) is 4.62. The standard InChI is InChI=1S/C24H28N4O3S2/c1-14(2)31-22-12-9-15(13-20(22)25)23-26-27-24(32-23)19-7-3-6-18-17(19)5-4-8-21(18)28-33(29,30)16-10-11-16/h3,6-7,9,12-14,16,21,28H,4-5,8,10-11,25H2,1-2H3/t21-/m0/s1. The van der Waals surface area contributed by atoms with Crippen molar-refractivity contribution < 1.29 is 13.2 Å². The highest BCUT2D eigenvalue weighted by molar-refractivity contribution is 7.90. The van der Waals surface area contributed by atoms with Crippen LogP contribution in [0.4, 0.5) is 5.69 Å². The fourth-order valence-corrected chi connectivity index (χ4v) is 6.82. The van der Waals surface area contributed by atoms with Crippen LogP contribution in [-0.4, -0.2) is 30.0 Å². The number of rotatable bonds is 7. The van der Waals surface area contributed by atoms with Crippen LogP contribution in [0.1, 0.15) is 56.7 Å². The van der Waals surface area contributed by atoms with Crippen molar-refractivity contribution in [1.29, 1.82) is 0 Å². The van der Waals surface area contributed by atoms with Crippen LogP contribution in [0.15, 0.2) is 36.4 Å². The van der Waals surface area contributed by atoms with E-state index in [-0.39, 0.29) is 17.4 Å². The molecule has 1 heterocycles. The van der Waals surface area contributed by atoms with Gasteiger partial charge in [0.25, 0.3) is 0 Å². The summed E-state index contributed by atoms with van der Waals surface area (Å²) in [5.41, 5.74) is 10.9. The highest BCUT2D eigenvalue weighted by atomic mass is 32.2. The third-order valence-corrected chi connectivity index (χ3v) is 9.02. The molecule has 0 amide bonds. The molecule has 0 unspecified atom stereocenters. The molecule has 0 spiro atoms. The first-order valence-corrected chi connectivity index (χ1v) is 13.7. The molecule has 3 N–H and O–H groups in total. The minimum Gasteiger partial charge on any atom is -0.489 e. The summed E-state index contributed by atoms with van der Waals surface area (Å²) in [6.45, 7) is 3.93. The van der Waals surface area contributed by atoms with Gasteiger partial charge in [0.05, 0.1) is 17.0 Å². The number of nitrogens with one attached hydrogen (secondary N) is 1. The second kappa shape index (κ2) is 8.70. The van der Waals surface area contributed by atoms with Crippen molar-refractivity contribution in [3.63, 3.8) is 0 Å². The second-order valence-electron chi connectivity index (χ2n) is 9.01. The highest BCUT2D eigenvalue weighted by Crippen LogP contribution is 2.40. The van der Waals surface area contributed by atoms with E-state index in [9.17, 15) is 8.42 Å². The molecular formula is C24H28N4O3S2. The van der Waals surface area contributed by atoms with Crippen molar-refractivity contribution in [2.75, 3.05) is 5.73 Å². The van der Waals surface area contributed by atoms with E-state index in [0.29, 0.717) is 11.4 Å². The molecule has 2 aliphatic rings. The summed E-state index contributed by atoms with van der Waals surface area (Å²) in [6, 6.07) is 11.6. The quantitative estimate of drug-likeness (QED) is 0.471. The number of aromatic nitrogens is 2. The zero-order valence-electron chi connectivity index (χ0n) is 18.7. The molecule has 0 radical (unpaired) electrons. The first-order valence-electron chi connectivity index (χ1n) is 11.3. The number of nitrogens with zero attached hydrogens (tertiary/aromatic N) is 2. The smallest absolute Gasteiger partial charge is 0.215 e. The molecule has 7 nitrogen and oxygen atoms in total. The molecule has 1 aromatic heterocycles. The monoisotopic (exact) mass is 484 g/mol. The predicted octanol–water partition coefficient (Wildman–Crippen LogP) is 4.70. The van der Waals surface area contributed by atoms with Crippen LogP contribution < -0.4 is 15.2 Å². The van der Waals surface area contributed by atoms with Gasteiger partial charge < -0.3 is 10.5 Å². The average Bonchev–Trinajstić information content (AvgIpc) is 3.53. The second-order valence-corrected chi connectivity index (χ2v) is 12.0. The van der Waals surface area contributed by atoms with E-state index in [1.165, 1.54) is 11.3 Å². The minimum atomic E-state index is -3.25. The van der Waals surface area contributed by atoms with Gasteiger partial charge >= 0.3 is 0 Å². The molecule has 0 aliphatic heterocycles. The SMILES string of the molecule is CC(C)Oc1ccc(-c2nnc(-c3cccc4c3CCC[C@@H]4NS(=O)(=O)C3CC3)s2)cc1N. The Labute approximate surface area is 198 Å². The van der Waals surface area contributed by atoms with Crippen LogP contribution in [-0.2, 0) is 16.4 Å². The first kappa shape index (κ1) is 22.3. The van der Waals surface area contributed by atoms with Crippen LogP contribution in [0, 0.1) is 0 Å². The Bertz CT molecular complexity index is 1280. The lowest BCUT2D eigenvalue weighted by atomic mass is 9.85. The summed E-state index contributed by atoms with van der Waals surface area (Å²) < 4.78 is 33.8. The maximum atomic E-state index is 12.5. The van der Waals surface area contributed by atoms with E-state index in [0.717, 1.165) is 64.4 Å². The van der Waals surface area contributed by atoms with E-state index in [2.05, 4.69) is 21.0 Å². The van der Waals surface area contributed by atoms with E-state index in [1.807, 2.05) is 44.2 Å². The lowest BCUT2D eigenvalue weighted by Crippen LogP contribution is -2.33. The molecule has 33 heavy (non-hydrogen) atoms. The number of fused-ring (bicyclic) bond motifs is 1. The van der Waals surface area contributed by atoms with Crippen LogP contribution in [0.3, 0.4) is 0 Å². The Morgan fingerprint density at radius 2 is 1.91 bits per heavy atom. The summed E-state index contributed by atoms with van der Waals surface area (Å²) in [5, 5.41) is 10.3. The van der Waals surface area contributed by atoms with Crippen LogP contribution >= 0.6 is 11.3 Å². The molecule has 9 heteroatoms. The summed E-state index contributed by atoms with van der Waals surface area (Å²) in [5.74, 6) is 0.662. The fraction of sp³-hybridized carbons (Fsp3) is 0.417. The Kier molecular flexibility index (Phi) is 5.88. The maximum Gasteiger partial charge on any atom is 0.215 e. The van der Waals surface area contributed by atoms with Crippen LogP contribution in [0.5, 0.6) is 5.75 Å². The number of hydrogen-bond donors (Lipinski definition) is 2. The molecule has 0 bridgehead atoms. The number of benzene rings is 2. The van der Waals surface area contributed by atoms with Gasteiger partial charge in [0.2, 0.25) is 10.0 Å². The summed E-state index contributed by atoms with van der Waals surface area (Å²) >= 11 is 1.51. The normalized spacial score (nSPS) is 18.3. The Hall–Kier alpha value is -2.49. The van der Waals surface area contributed by atoms with Gasteiger partial charge in [-0.05, 0) is 75.3 Å². The first-order chi connectivity index (χ1) is 15.8. The number of nitrogens with two attached hydrogens (primary N) is 1. The number of ether oxygens (including phenoxy) is 1. The number of sulfonamides is 1. The van der Waals surface area contributed by atoms with E-state index in [1.54, 1.807) is 0 Å². The maximum absolute atomic E-state index is 12.5. The number of anilines is 1. The van der Waals surface area contributed by atoms with Crippen molar-refractivity contribution in [2.45, 2.75) is 63.3 Å². The zero-order chi connectivity index (χ0) is 23.2. The summed E-state index contributed by atoms with van der Waals surface area (Å²) in [7, 11) is -3.25. The molecule has 2 aliphatic carbocycles. The molecule has 1 saturated carbocycles. The summed E-state index contributed by atoms with van der Waals surface area (Å²) in [6.07, 6.45) is 4.22. The largest absolute Gasteiger partial charge is 0.489 e. The molecule has 2 aromatic carbocycles. The molecule has 174 valence electrons. The van der Waals surface area contributed by atoms with Gasteiger partial charge in [-0.25, -0.2) is 13.1 Å². The van der Waals surface area contributed by atoms with E-state index < -0.39 is 10.0 Å². The van der Waals surface area contributed by atoms with Crippen molar-refractivity contribution in [2.24, 2.45) is 0 Å². The fourth-order valence-electron chi connectivity index (χ4n) is 4.34. The van der Waals surface area contributed by atoms with Crippen molar-refractivity contribution >= 4 is 27.0 Å². The van der Waals surface area contributed by atoms with Gasteiger partial charge in [-0.1, -0.05) is 29.5 Å². The number of nitrogen functional groups attached to an aromatic ring is 1. The van der Waals surface area contributed by atoms with Crippen molar-refractivity contribution in [1.82, 2.24) is 14.9 Å². The van der Waals surface area contributed by atoms with Crippen molar-refractivity contribution in [3.8, 4) is 26.9 Å². The van der Waals surface area contributed by atoms with Crippen molar-refractivity contribution in [3.05, 3.63) is 47.5 Å². The molecule has 1 fully saturated rings. The molecular weight excluding hydrogens is 456 g/mol. The predicted molar refractivity (Wildman–Crippen MR) is 132 cm³/mol. The zero-order valence-corrected chi connectivity index (χ0v) is 20.4. The molecule has 0 saturated heterocycles. The lowest BCUT2D eigenvalue weighted by Gasteiger charge is -2.27. The Morgan fingerprint density at radius 1 is 1.12 bits per heavy atom. The average molecular weight is 485 g/mol. The van der Waals surface area contributed by atoms with Gasteiger partial charge in [-0.15, -0.1) is 10.2 Å². The van der Waals surface area contributed by atoms with Gasteiger partial charge in [0, 0.05) is 17.2 Å². The summed E-state index contributed by atoms with van der Waals surface area (Å²) in [4.78, 5) is 0. The third-order valence-electron chi connectivity index (χ3n) is 6.05. The molecule has 1 atom stereocenters. The Balaban J connectivity index is 1.44. The Morgan fingerprint density at radius 3 is 2.64 bits per heavy atom. The van der Waals surface area contributed by atoms with E-state index in [4.69, 9.17) is 10.5 Å². The lowest BCUT2D eigenvalue weighted by molar-refractivity contribution is 0.244. The van der Waals surface area contributed by atoms with E-state index >= 15 is 0 Å². The molecule has 3 aromatic rings. The number of hydrogen-bond acceptors (Lipinski definition) is 7. The van der Waals surface area contributed by atoms with Gasteiger partial charge in [0.1, 0.15) is 15.8 Å². The topological polar surface area (TPSA) is 107 Å². The highest BCUT2D eigenvalue weighted by Gasteiger charge is 2.38. The van der Waals surface area contributed by atoms with Gasteiger partial charge in [-0.2, -0.15) is 0 Å². The van der Waals surface area contributed by atoms with Crippen LogP contribution in [0.25, 0.3) is 21.1 Å². The van der Waals surface area contributed by atoms with Gasteiger partial charge in [0.15, 0.2) is 0 Å². The molecule has 5 rings (SSSR count).